The Labute approximate surface area is 317 Å². The van der Waals surface area contributed by atoms with E-state index in [1.54, 1.807) is 14.2 Å². The molecule has 0 radical (unpaired) electrons. The number of rotatable bonds is 12. The lowest BCUT2D eigenvalue weighted by Gasteiger charge is -2.46. The number of hydrogen-bond donors (Lipinski definition) is 1. The summed E-state index contributed by atoms with van der Waals surface area (Å²) < 4.78 is 20.9. The largest absolute Gasteiger partial charge is 0.497 e. The van der Waals surface area contributed by atoms with E-state index in [0.717, 1.165) is 56.9 Å². The van der Waals surface area contributed by atoms with Crippen molar-refractivity contribution in [3.05, 3.63) is 138 Å². The molecule has 2 unspecified atom stereocenters. The number of nitrogens with zero attached hydrogens (tertiary/aromatic N) is 4. The van der Waals surface area contributed by atoms with E-state index < -0.39 is 8.07 Å². The summed E-state index contributed by atoms with van der Waals surface area (Å²) in [5.41, 5.74) is 5.24. The molecule has 0 aliphatic carbocycles. The van der Waals surface area contributed by atoms with Crippen molar-refractivity contribution in [1.29, 1.82) is 0 Å². The molecule has 6 aromatic rings. The normalized spacial score (nSPS) is 19.0. The molecule has 10 heteroatoms. The molecule has 5 atom stereocenters. The Balaban J connectivity index is 1.12. The maximum absolute atomic E-state index is 13.8. The van der Waals surface area contributed by atoms with Crippen molar-refractivity contribution in [1.82, 2.24) is 15.0 Å². The molecule has 8 rings (SSSR count). The van der Waals surface area contributed by atoms with Crippen LogP contribution in [0.3, 0.4) is 0 Å². The standard InChI is InChI=1S/C44H46N4O5Si/c1-28-42(52-3)35-25-31(48-38-16-10-14-30-13-9-15-34(41(30)38)44(48)50)17-22-39(35)53-43(28)40(54(4,5)33-20-18-32(51-2)19-21-33)23-24-47-26-37(45-46-47)36(27-49)29-11-7-6-8-12-29/h6-22,25-26,28,36,40,42-43,49H,23-24,27H2,1-5H3/t28-,36?,40?,42-,43-/m1/s1. The first-order valence-electron chi connectivity index (χ1n) is 18.6. The summed E-state index contributed by atoms with van der Waals surface area (Å²) in [4.78, 5) is 15.7. The lowest BCUT2D eigenvalue weighted by atomic mass is 9.86. The van der Waals surface area contributed by atoms with Crippen molar-refractivity contribution in [3.8, 4) is 11.5 Å². The highest BCUT2D eigenvalue weighted by atomic mass is 28.3. The molecule has 276 valence electrons. The molecule has 2 aliphatic rings. The van der Waals surface area contributed by atoms with Gasteiger partial charge in [0.1, 0.15) is 17.6 Å². The predicted octanol–water partition coefficient (Wildman–Crippen LogP) is 8.02. The van der Waals surface area contributed by atoms with Gasteiger partial charge >= 0.3 is 0 Å². The Kier molecular flexibility index (Phi) is 9.60. The molecule has 2 aliphatic heterocycles. The van der Waals surface area contributed by atoms with Crippen LogP contribution in [0.1, 0.15) is 52.5 Å². The summed E-state index contributed by atoms with van der Waals surface area (Å²) >= 11 is 0. The summed E-state index contributed by atoms with van der Waals surface area (Å²) in [5, 5.41) is 22.7. The topological polar surface area (TPSA) is 98.9 Å². The number of aromatic nitrogens is 3. The number of aliphatic hydroxyl groups excluding tert-OH is 1. The fourth-order valence-electron chi connectivity index (χ4n) is 8.76. The number of carbonyl (C=O) groups excluding carboxylic acids is 1. The summed E-state index contributed by atoms with van der Waals surface area (Å²) in [5.74, 6) is 1.32. The number of anilines is 2. The number of fused-ring (bicyclic) bond motifs is 1. The minimum Gasteiger partial charge on any atom is -0.497 e. The zero-order chi connectivity index (χ0) is 37.6. The smallest absolute Gasteiger partial charge is 0.263 e. The van der Waals surface area contributed by atoms with Gasteiger partial charge in [-0.05, 0) is 65.4 Å². The van der Waals surface area contributed by atoms with Gasteiger partial charge in [-0.15, -0.1) is 5.10 Å². The molecule has 5 aromatic carbocycles. The van der Waals surface area contributed by atoms with Gasteiger partial charge in [-0.3, -0.25) is 14.4 Å². The Morgan fingerprint density at radius 1 is 0.926 bits per heavy atom. The number of carbonyl (C=O) groups is 1. The molecule has 0 fully saturated rings. The Bertz CT molecular complexity index is 2290. The van der Waals surface area contributed by atoms with Crippen molar-refractivity contribution in [2.45, 2.75) is 56.7 Å². The zero-order valence-corrected chi connectivity index (χ0v) is 32.3. The van der Waals surface area contributed by atoms with Crippen LogP contribution in [0.5, 0.6) is 11.5 Å². The second-order valence-corrected chi connectivity index (χ2v) is 19.8. The third-order valence-electron chi connectivity index (χ3n) is 11.8. The molecule has 3 heterocycles. The van der Waals surface area contributed by atoms with Crippen LogP contribution in [0.15, 0.2) is 115 Å². The minimum atomic E-state index is -2.26. The highest BCUT2D eigenvalue weighted by Gasteiger charge is 2.47. The summed E-state index contributed by atoms with van der Waals surface area (Å²) in [6.45, 7) is 7.63. The van der Waals surface area contributed by atoms with Crippen LogP contribution >= 0.6 is 0 Å². The number of hydrogen-bond acceptors (Lipinski definition) is 7. The highest BCUT2D eigenvalue weighted by Crippen LogP contribution is 2.50. The van der Waals surface area contributed by atoms with Crippen molar-refractivity contribution in [3.63, 3.8) is 0 Å². The summed E-state index contributed by atoms with van der Waals surface area (Å²) in [6.07, 6.45) is 2.34. The lowest BCUT2D eigenvalue weighted by Crippen LogP contribution is -2.54. The first kappa shape index (κ1) is 35.7. The van der Waals surface area contributed by atoms with Crippen LogP contribution in [0.25, 0.3) is 10.8 Å². The lowest BCUT2D eigenvalue weighted by molar-refractivity contribution is -0.0233. The molecular weight excluding hydrogens is 693 g/mol. The molecule has 0 saturated heterocycles. The quantitative estimate of drug-likeness (QED) is 0.127. The second-order valence-electron chi connectivity index (χ2n) is 15.0. The van der Waals surface area contributed by atoms with Crippen LogP contribution in [0, 0.1) is 5.92 Å². The number of aryl methyl sites for hydroxylation is 1. The maximum Gasteiger partial charge on any atom is 0.263 e. The second kappa shape index (κ2) is 14.5. The number of ether oxygens (including phenoxy) is 3. The summed E-state index contributed by atoms with van der Waals surface area (Å²) in [6, 6.07) is 36.5. The molecule has 54 heavy (non-hydrogen) atoms. The monoisotopic (exact) mass is 738 g/mol. The Morgan fingerprint density at radius 2 is 1.69 bits per heavy atom. The van der Waals surface area contributed by atoms with Gasteiger partial charge in [-0.2, -0.15) is 0 Å². The van der Waals surface area contributed by atoms with Crippen molar-refractivity contribution in [2.24, 2.45) is 5.92 Å². The fraction of sp³-hybridized carbons (Fsp3) is 0.295. The number of aliphatic hydroxyl groups is 1. The van der Waals surface area contributed by atoms with E-state index in [1.165, 1.54) is 5.19 Å². The average Bonchev–Trinajstić information content (AvgIpc) is 3.78. The third-order valence-corrected chi connectivity index (χ3v) is 16.0. The molecule has 1 amide bonds. The van der Waals surface area contributed by atoms with Gasteiger partial charge < -0.3 is 19.3 Å². The Hall–Kier alpha value is -5.29. The van der Waals surface area contributed by atoms with E-state index in [9.17, 15) is 9.90 Å². The van der Waals surface area contributed by atoms with E-state index >= 15 is 0 Å². The number of amides is 1. The molecule has 0 saturated carbocycles. The molecular formula is C44H46N4O5Si. The molecule has 1 aromatic heterocycles. The maximum atomic E-state index is 13.8. The van der Waals surface area contributed by atoms with E-state index in [-0.39, 0.29) is 42.1 Å². The van der Waals surface area contributed by atoms with Crippen molar-refractivity contribution < 1.29 is 24.1 Å². The average molecular weight is 739 g/mol. The van der Waals surface area contributed by atoms with Crippen LogP contribution in [-0.4, -0.2) is 61.0 Å². The number of methoxy groups -OCH3 is 2. The molecule has 0 bridgehead atoms. The third kappa shape index (κ3) is 6.17. The van der Waals surface area contributed by atoms with Crippen LogP contribution < -0.4 is 19.6 Å². The SMILES string of the molecule is COc1ccc([Si](C)(C)C(CCn2cc(C(CO)c3ccccc3)nn2)[C@@H]2Oc3ccc(N4C(=O)c5cccc6cccc4c56)cc3[C@H](OC)[C@H]2C)cc1. The first-order chi connectivity index (χ1) is 26.2. The molecule has 0 spiro atoms. The van der Waals surface area contributed by atoms with Gasteiger partial charge in [0.25, 0.3) is 5.91 Å². The van der Waals surface area contributed by atoms with Crippen LogP contribution in [0.4, 0.5) is 11.4 Å². The highest BCUT2D eigenvalue weighted by molar-refractivity contribution is 6.91. The van der Waals surface area contributed by atoms with Gasteiger partial charge in [-0.1, -0.05) is 97.1 Å². The summed E-state index contributed by atoms with van der Waals surface area (Å²) in [7, 11) is 1.19. The fourth-order valence-corrected chi connectivity index (χ4v) is 12.3. The van der Waals surface area contributed by atoms with Crippen LogP contribution in [0.2, 0.25) is 18.6 Å². The van der Waals surface area contributed by atoms with Gasteiger partial charge in [0, 0.05) is 42.4 Å². The zero-order valence-electron chi connectivity index (χ0n) is 31.3. The number of benzene rings is 5. The van der Waals surface area contributed by atoms with Crippen molar-refractivity contribution in [2.75, 3.05) is 25.7 Å². The van der Waals surface area contributed by atoms with E-state index in [1.807, 2.05) is 107 Å². The Morgan fingerprint density at radius 3 is 2.41 bits per heavy atom. The van der Waals surface area contributed by atoms with Crippen molar-refractivity contribution >= 4 is 41.3 Å². The van der Waals surface area contributed by atoms with Gasteiger partial charge in [0.15, 0.2) is 0 Å². The van der Waals surface area contributed by atoms with E-state index in [2.05, 4.69) is 48.5 Å². The van der Waals surface area contributed by atoms with E-state index in [0.29, 0.717) is 12.1 Å². The van der Waals surface area contributed by atoms with Gasteiger partial charge in [0.05, 0.1) is 50.8 Å². The van der Waals surface area contributed by atoms with Gasteiger partial charge in [0.2, 0.25) is 0 Å². The van der Waals surface area contributed by atoms with E-state index in [4.69, 9.17) is 14.2 Å². The molecule has 9 nitrogen and oxygen atoms in total. The van der Waals surface area contributed by atoms with Gasteiger partial charge in [-0.25, -0.2) is 0 Å². The first-order valence-corrected chi connectivity index (χ1v) is 21.7. The van der Waals surface area contributed by atoms with Crippen LogP contribution in [-0.2, 0) is 11.3 Å². The predicted molar refractivity (Wildman–Crippen MR) is 214 cm³/mol. The minimum absolute atomic E-state index is 0.00848. The molecule has 1 N–H and O–H groups in total.